The summed E-state index contributed by atoms with van der Waals surface area (Å²) >= 11 is 11.8. The number of halogens is 2. The molecular weight excluding hydrogens is 271 g/mol. The Kier molecular flexibility index (Phi) is 4.36. The molecule has 0 aliphatic carbocycles. The maximum absolute atomic E-state index is 12.0. The number of amides is 2. The van der Waals surface area contributed by atoms with Gasteiger partial charge in [0.2, 0.25) is 0 Å². The van der Waals surface area contributed by atoms with Gasteiger partial charge in [0, 0.05) is 18.1 Å². The van der Waals surface area contributed by atoms with Crippen LogP contribution in [0.5, 0.6) is 0 Å². The summed E-state index contributed by atoms with van der Waals surface area (Å²) in [6, 6.07) is 4.96. The molecule has 0 unspecified atom stereocenters. The summed E-state index contributed by atoms with van der Waals surface area (Å²) in [5.74, 6) is 0.702. The van der Waals surface area contributed by atoms with Gasteiger partial charge in [0.25, 0.3) is 0 Å². The number of carbonyl (C=O) groups excluding carboxylic acids is 1. The van der Waals surface area contributed by atoms with E-state index in [9.17, 15) is 4.79 Å². The molecule has 1 aliphatic heterocycles. The summed E-state index contributed by atoms with van der Waals surface area (Å²) < 4.78 is 0. The first-order valence-corrected chi connectivity index (χ1v) is 6.83. The van der Waals surface area contributed by atoms with Crippen molar-refractivity contribution in [1.82, 2.24) is 4.90 Å². The van der Waals surface area contributed by atoms with Gasteiger partial charge in [0.05, 0.1) is 10.7 Å². The standard InChI is InChI=1S/C13H16Cl2N2O/c1-9-4-6-17(7-5-9)13(18)16-12-3-2-10(14)8-11(12)15/h2-3,8-9H,4-7H2,1H3,(H,16,18). The molecule has 0 saturated carbocycles. The average molecular weight is 287 g/mol. The largest absolute Gasteiger partial charge is 0.325 e. The summed E-state index contributed by atoms with van der Waals surface area (Å²) in [7, 11) is 0. The van der Waals surface area contributed by atoms with Crippen LogP contribution in [-0.4, -0.2) is 24.0 Å². The third-order valence-electron chi connectivity index (χ3n) is 3.24. The van der Waals surface area contributed by atoms with E-state index in [0.717, 1.165) is 25.9 Å². The van der Waals surface area contributed by atoms with Gasteiger partial charge in [-0.2, -0.15) is 0 Å². The fraction of sp³-hybridized carbons (Fsp3) is 0.462. The Hall–Kier alpha value is -0.930. The number of likely N-dealkylation sites (tertiary alicyclic amines) is 1. The van der Waals surface area contributed by atoms with Crippen LogP contribution in [0, 0.1) is 5.92 Å². The SMILES string of the molecule is CC1CCN(C(=O)Nc2ccc(Cl)cc2Cl)CC1. The van der Waals surface area contributed by atoms with Crippen LogP contribution in [-0.2, 0) is 0 Å². The van der Waals surface area contributed by atoms with E-state index in [1.165, 1.54) is 0 Å². The van der Waals surface area contributed by atoms with E-state index >= 15 is 0 Å². The first-order chi connectivity index (χ1) is 8.56. The molecule has 5 heteroatoms. The molecule has 0 bridgehead atoms. The zero-order chi connectivity index (χ0) is 13.1. The van der Waals surface area contributed by atoms with Gasteiger partial charge >= 0.3 is 6.03 Å². The topological polar surface area (TPSA) is 32.3 Å². The van der Waals surface area contributed by atoms with Gasteiger partial charge in [-0.1, -0.05) is 30.1 Å². The molecule has 0 spiro atoms. The Morgan fingerprint density at radius 1 is 1.33 bits per heavy atom. The van der Waals surface area contributed by atoms with Crippen LogP contribution >= 0.6 is 23.2 Å². The number of benzene rings is 1. The van der Waals surface area contributed by atoms with Crippen molar-refractivity contribution >= 4 is 34.9 Å². The van der Waals surface area contributed by atoms with Crippen LogP contribution in [0.4, 0.5) is 10.5 Å². The number of anilines is 1. The van der Waals surface area contributed by atoms with E-state index in [1.807, 2.05) is 4.90 Å². The lowest BCUT2D eigenvalue weighted by atomic mass is 10.00. The van der Waals surface area contributed by atoms with Crippen molar-refractivity contribution in [3.05, 3.63) is 28.2 Å². The first-order valence-electron chi connectivity index (χ1n) is 6.07. The third kappa shape index (κ3) is 3.30. The number of hydrogen-bond acceptors (Lipinski definition) is 1. The molecule has 1 N–H and O–H groups in total. The minimum Gasteiger partial charge on any atom is -0.325 e. The van der Waals surface area contributed by atoms with Crippen molar-refractivity contribution in [2.45, 2.75) is 19.8 Å². The highest BCUT2D eigenvalue weighted by molar-refractivity contribution is 6.36. The molecule has 3 nitrogen and oxygen atoms in total. The average Bonchev–Trinajstić information content (AvgIpc) is 2.33. The second-order valence-electron chi connectivity index (χ2n) is 4.72. The number of nitrogens with one attached hydrogen (secondary N) is 1. The van der Waals surface area contributed by atoms with Crippen LogP contribution in [0.25, 0.3) is 0 Å². The predicted molar refractivity (Wildman–Crippen MR) is 75.5 cm³/mol. The molecule has 0 aromatic heterocycles. The lowest BCUT2D eigenvalue weighted by Gasteiger charge is -2.30. The molecule has 0 radical (unpaired) electrons. The predicted octanol–water partition coefficient (Wildman–Crippen LogP) is 4.26. The molecule has 18 heavy (non-hydrogen) atoms. The minimum absolute atomic E-state index is 0.0916. The summed E-state index contributed by atoms with van der Waals surface area (Å²) in [6.07, 6.45) is 2.11. The van der Waals surface area contributed by atoms with E-state index < -0.39 is 0 Å². The van der Waals surface area contributed by atoms with Crippen molar-refractivity contribution in [3.63, 3.8) is 0 Å². The Morgan fingerprint density at radius 2 is 2.00 bits per heavy atom. The molecule has 1 aromatic rings. The maximum atomic E-state index is 12.0. The minimum atomic E-state index is -0.0916. The van der Waals surface area contributed by atoms with Crippen LogP contribution in [0.2, 0.25) is 10.0 Å². The van der Waals surface area contributed by atoms with Gasteiger partial charge in [-0.3, -0.25) is 0 Å². The van der Waals surface area contributed by atoms with Crippen LogP contribution < -0.4 is 5.32 Å². The van der Waals surface area contributed by atoms with E-state index in [1.54, 1.807) is 18.2 Å². The molecule has 1 aromatic carbocycles. The molecular formula is C13H16Cl2N2O. The molecule has 98 valence electrons. The van der Waals surface area contributed by atoms with Crippen molar-refractivity contribution in [2.75, 3.05) is 18.4 Å². The molecule has 2 amide bonds. The molecule has 0 atom stereocenters. The van der Waals surface area contributed by atoms with E-state index in [0.29, 0.717) is 21.7 Å². The Bertz CT molecular complexity index is 443. The number of urea groups is 1. The van der Waals surface area contributed by atoms with Crippen molar-refractivity contribution < 1.29 is 4.79 Å². The lowest BCUT2D eigenvalue weighted by molar-refractivity contribution is 0.186. The summed E-state index contributed by atoms with van der Waals surface area (Å²) in [6.45, 7) is 3.82. The fourth-order valence-electron chi connectivity index (χ4n) is 2.00. The third-order valence-corrected chi connectivity index (χ3v) is 3.79. The Labute approximate surface area is 117 Å². The molecule has 1 fully saturated rings. The number of carbonyl (C=O) groups is 1. The molecule has 1 saturated heterocycles. The van der Waals surface area contributed by atoms with E-state index in [-0.39, 0.29) is 6.03 Å². The maximum Gasteiger partial charge on any atom is 0.321 e. The Morgan fingerprint density at radius 3 is 2.61 bits per heavy atom. The second-order valence-corrected chi connectivity index (χ2v) is 5.57. The number of rotatable bonds is 1. The quantitative estimate of drug-likeness (QED) is 0.822. The smallest absolute Gasteiger partial charge is 0.321 e. The van der Waals surface area contributed by atoms with Crippen LogP contribution in [0.1, 0.15) is 19.8 Å². The van der Waals surface area contributed by atoms with Crippen molar-refractivity contribution in [2.24, 2.45) is 5.92 Å². The fourth-order valence-corrected chi connectivity index (χ4v) is 2.45. The van der Waals surface area contributed by atoms with Crippen molar-refractivity contribution in [3.8, 4) is 0 Å². The first kappa shape index (κ1) is 13.5. The highest BCUT2D eigenvalue weighted by Crippen LogP contribution is 2.26. The normalized spacial score (nSPS) is 16.7. The van der Waals surface area contributed by atoms with Crippen LogP contribution in [0.15, 0.2) is 18.2 Å². The summed E-state index contributed by atoms with van der Waals surface area (Å²) in [5, 5.41) is 3.84. The highest BCUT2D eigenvalue weighted by atomic mass is 35.5. The van der Waals surface area contributed by atoms with Gasteiger partial charge in [0.1, 0.15) is 0 Å². The summed E-state index contributed by atoms with van der Waals surface area (Å²) in [4.78, 5) is 13.9. The lowest BCUT2D eigenvalue weighted by Crippen LogP contribution is -2.40. The Balaban J connectivity index is 1.98. The number of piperidine rings is 1. The zero-order valence-electron chi connectivity index (χ0n) is 10.2. The highest BCUT2D eigenvalue weighted by Gasteiger charge is 2.20. The molecule has 1 aliphatic rings. The summed E-state index contributed by atoms with van der Waals surface area (Å²) in [5.41, 5.74) is 0.602. The zero-order valence-corrected chi connectivity index (χ0v) is 11.8. The number of nitrogens with zero attached hydrogens (tertiary/aromatic N) is 1. The van der Waals surface area contributed by atoms with Crippen LogP contribution in [0.3, 0.4) is 0 Å². The van der Waals surface area contributed by atoms with Gasteiger partial charge < -0.3 is 10.2 Å². The van der Waals surface area contributed by atoms with Crippen molar-refractivity contribution in [1.29, 1.82) is 0 Å². The van der Waals surface area contributed by atoms with Gasteiger partial charge in [-0.05, 0) is 37.0 Å². The van der Waals surface area contributed by atoms with Gasteiger partial charge in [0.15, 0.2) is 0 Å². The molecule has 2 rings (SSSR count). The van der Waals surface area contributed by atoms with Gasteiger partial charge in [-0.25, -0.2) is 4.79 Å². The second kappa shape index (κ2) is 5.81. The monoisotopic (exact) mass is 286 g/mol. The van der Waals surface area contributed by atoms with E-state index in [2.05, 4.69) is 12.2 Å². The molecule has 1 heterocycles. The van der Waals surface area contributed by atoms with E-state index in [4.69, 9.17) is 23.2 Å². The number of hydrogen-bond donors (Lipinski definition) is 1. The van der Waals surface area contributed by atoms with Gasteiger partial charge in [-0.15, -0.1) is 0 Å².